The van der Waals surface area contributed by atoms with E-state index in [1.807, 2.05) is 24.6 Å². The topological polar surface area (TPSA) is 60.0 Å². The molecule has 0 N–H and O–H groups in total. The summed E-state index contributed by atoms with van der Waals surface area (Å²) in [6.45, 7) is 5.13. The molecule has 1 unspecified atom stereocenters. The van der Waals surface area contributed by atoms with Crippen LogP contribution in [0, 0.1) is 18.7 Å². The van der Waals surface area contributed by atoms with Gasteiger partial charge in [-0.15, -0.1) is 22.6 Å². The number of oxazole rings is 1. The van der Waals surface area contributed by atoms with E-state index in [1.165, 1.54) is 24.4 Å². The van der Waals surface area contributed by atoms with Crippen LogP contribution in [-0.2, 0) is 12.5 Å². The number of fused-ring (bicyclic) bond motifs is 1. The van der Waals surface area contributed by atoms with Gasteiger partial charge >= 0.3 is 0 Å². The lowest BCUT2D eigenvalue weighted by Crippen LogP contribution is -2.28. The molecule has 9 heteroatoms. The predicted octanol–water partition coefficient (Wildman–Crippen LogP) is 4.10. The number of piperidine rings is 1. The highest BCUT2D eigenvalue weighted by Crippen LogP contribution is 2.59. The largest absolute Gasteiger partial charge is 0.440 e. The van der Waals surface area contributed by atoms with Gasteiger partial charge in [-0.1, -0.05) is 23.9 Å². The lowest BCUT2D eigenvalue weighted by Gasteiger charge is -2.21. The minimum Gasteiger partial charge on any atom is -0.440 e. The van der Waals surface area contributed by atoms with Crippen LogP contribution in [0.1, 0.15) is 24.1 Å². The highest BCUT2D eigenvalue weighted by molar-refractivity contribution is 7.99. The molecule has 160 valence electrons. The second-order valence-corrected chi connectivity index (χ2v) is 9.20. The molecule has 3 aromatic rings. The molecule has 1 aromatic carbocycles. The summed E-state index contributed by atoms with van der Waals surface area (Å²) in [4.78, 5) is 6.65. The van der Waals surface area contributed by atoms with Crippen LogP contribution >= 0.6 is 24.2 Å². The van der Waals surface area contributed by atoms with Gasteiger partial charge in [0, 0.05) is 31.3 Å². The normalized spacial score (nSPS) is 22.7. The van der Waals surface area contributed by atoms with E-state index in [0.717, 1.165) is 42.7 Å². The van der Waals surface area contributed by atoms with E-state index >= 15 is 0 Å². The maximum atomic E-state index is 13.6. The third kappa shape index (κ3) is 3.76. The van der Waals surface area contributed by atoms with Gasteiger partial charge in [0.15, 0.2) is 17.3 Å². The van der Waals surface area contributed by atoms with E-state index in [2.05, 4.69) is 26.1 Å². The zero-order valence-electron chi connectivity index (χ0n) is 17.0. The third-order valence-corrected chi connectivity index (χ3v) is 7.36. The number of rotatable bonds is 7. The number of likely N-dealkylation sites (tertiary alicyclic amines) is 1. The van der Waals surface area contributed by atoms with Crippen LogP contribution in [0.3, 0.4) is 0 Å². The van der Waals surface area contributed by atoms with Crippen LogP contribution in [0.4, 0.5) is 4.39 Å². The molecule has 0 amide bonds. The number of aromatic nitrogens is 4. The van der Waals surface area contributed by atoms with Gasteiger partial charge in [0.1, 0.15) is 5.82 Å². The lowest BCUT2D eigenvalue weighted by atomic mass is 9.95. The Hall–Kier alpha value is -1.90. The Morgan fingerprint density at radius 3 is 2.97 bits per heavy atom. The van der Waals surface area contributed by atoms with Crippen molar-refractivity contribution in [2.24, 2.45) is 13.0 Å². The first-order chi connectivity index (χ1) is 14.1. The molecule has 3 heterocycles. The summed E-state index contributed by atoms with van der Waals surface area (Å²) < 4.78 is 21.0. The Kier molecular flexibility index (Phi) is 5.92. The SMILES string of the molecule is Cc1ncoc1-c1nnc(SCCCN2C[C@H]3CC3(c3cccc(F)c3)C2)n1C.Cl. The molecule has 0 bridgehead atoms. The summed E-state index contributed by atoms with van der Waals surface area (Å²) in [5.74, 6) is 2.92. The molecule has 2 atom stereocenters. The quantitative estimate of drug-likeness (QED) is 0.400. The van der Waals surface area contributed by atoms with Gasteiger partial charge < -0.3 is 13.9 Å². The summed E-state index contributed by atoms with van der Waals surface area (Å²) in [6.07, 6.45) is 3.72. The molecular weight excluding hydrogens is 425 g/mol. The predicted molar refractivity (Wildman–Crippen MR) is 116 cm³/mol. The fourth-order valence-electron chi connectivity index (χ4n) is 4.61. The van der Waals surface area contributed by atoms with Crippen LogP contribution in [0.15, 0.2) is 40.2 Å². The van der Waals surface area contributed by atoms with Gasteiger partial charge in [-0.25, -0.2) is 9.37 Å². The summed E-state index contributed by atoms with van der Waals surface area (Å²) in [7, 11) is 1.95. The molecule has 1 saturated carbocycles. The monoisotopic (exact) mass is 449 g/mol. The van der Waals surface area contributed by atoms with Gasteiger partial charge in [0.05, 0.1) is 5.69 Å². The van der Waals surface area contributed by atoms with Crippen LogP contribution < -0.4 is 0 Å². The van der Waals surface area contributed by atoms with E-state index in [-0.39, 0.29) is 23.6 Å². The molecule has 2 aromatic heterocycles. The Labute approximate surface area is 185 Å². The van der Waals surface area contributed by atoms with Crippen LogP contribution in [0.5, 0.6) is 0 Å². The van der Waals surface area contributed by atoms with Crippen LogP contribution in [0.25, 0.3) is 11.6 Å². The summed E-state index contributed by atoms with van der Waals surface area (Å²) in [6, 6.07) is 7.18. The number of halogens is 2. The Bertz CT molecular complexity index is 1040. The molecule has 2 aliphatic rings. The van der Waals surface area contributed by atoms with Crippen molar-refractivity contribution in [1.82, 2.24) is 24.6 Å². The lowest BCUT2D eigenvalue weighted by molar-refractivity contribution is 0.299. The molecule has 30 heavy (non-hydrogen) atoms. The molecular formula is C21H25ClFN5OS. The van der Waals surface area contributed by atoms with Gasteiger partial charge in [-0.3, -0.25) is 0 Å². The third-order valence-electron chi connectivity index (χ3n) is 6.25. The highest BCUT2D eigenvalue weighted by Gasteiger charge is 2.60. The standard InChI is InChI=1S/C21H24FN5OS.ClH/c1-14-18(28-13-23-14)19-24-25-20(26(19)2)29-8-4-7-27-11-16-10-21(16,12-27)15-5-3-6-17(22)9-15;/h3,5-6,9,13,16H,4,7-8,10-12H2,1-2H3;1H/t16-,21?;/m1./s1. The van der Waals surface area contributed by atoms with Crippen molar-refractivity contribution in [3.63, 3.8) is 0 Å². The van der Waals surface area contributed by atoms with Gasteiger partial charge in [0.25, 0.3) is 0 Å². The van der Waals surface area contributed by atoms with Crippen molar-refractivity contribution >= 4 is 24.2 Å². The number of aryl methyl sites for hydroxylation is 1. The van der Waals surface area contributed by atoms with Crippen molar-refractivity contribution in [1.29, 1.82) is 0 Å². The zero-order chi connectivity index (χ0) is 20.0. The maximum absolute atomic E-state index is 13.6. The number of benzene rings is 1. The zero-order valence-corrected chi connectivity index (χ0v) is 18.7. The van der Waals surface area contributed by atoms with Crippen molar-refractivity contribution < 1.29 is 8.81 Å². The molecule has 6 nitrogen and oxygen atoms in total. The molecule has 1 saturated heterocycles. The van der Waals surface area contributed by atoms with E-state index in [9.17, 15) is 4.39 Å². The van der Waals surface area contributed by atoms with Crippen LogP contribution in [-0.4, -0.2) is 50.0 Å². The Balaban J connectivity index is 0.00000218. The molecule has 1 aliphatic heterocycles. The van der Waals surface area contributed by atoms with E-state index in [4.69, 9.17) is 4.42 Å². The van der Waals surface area contributed by atoms with Crippen LogP contribution in [0.2, 0.25) is 0 Å². The number of hydrogen-bond acceptors (Lipinski definition) is 6. The average Bonchev–Trinajstić information content (AvgIpc) is 3.01. The highest BCUT2D eigenvalue weighted by atomic mass is 35.5. The number of hydrogen-bond donors (Lipinski definition) is 0. The van der Waals surface area contributed by atoms with Gasteiger partial charge in [-0.05, 0) is 49.9 Å². The second-order valence-electron chi connectivity index (χ2n) is 8.14. The minimum atomic E-state index is -0.124. The van der Waals surface area contributed by atoms with E-state index in [1.54, 1.807) is 17.8 Å². The molecule has 0 spiro atoms. The summed E-state index contributed by atoms with van der Waals surface area (Å²) in [5, 5.41) is 9.44. The second kappa shape index (κ2) is 8.32. The van der Waals surface area contributed by atoms with Gasteiger partial charge in [-0.2, -0.15) is 0 Å². The molecule has 1 aliphatic carbocycles. The van der Waals surface area contributed by atoms with Crippen molar-refractivity contribution in [2.75, 3.05) is 25.4 Å². The maximum Gasteiger partial charge on any atom is 0.202 e. The van der Waals surface area contributed by atoms with Crippen molar-refractivity contribution in [2.45, 2.75) is 30.3 Å². The Morgan fingerprint density at radius 2 is 2.20 bits per heavy atom. The molecule has 5 rings (SSSR count). The number of nitrogens with zero attached hydrogens (tertiary/aromatic N) is 5. The molecule has 0 radical (unpaired) electrons. The minimum absolute atomic E-state index is 0. The summed E-state index contributed by atoms with van der Waals surface area (Å²) in [5.41, 5.74) is 2.19. The average molecular weight is 450 g/mol. The van der Waals surface area contributed by atoms with E-state index < -0.39 is 0 Å². The van der Waals surface area contributed by atoms with Crippen molar-refractivity contribution in [3.8, 4) is 11.6 Å². The first-order valence-electron chi connectivity index (χ1n) is 9.98. The van der Waals surface area contributed by atoms with Gasteiger partial charge in [0.2, 0.25) is 5.82 Å². The van der Waals surface area contributed by atoms with Crippen molar-refractivity contribution in [3.05, 3.63) is 47.7 Å². The first-order valence-corrected chi connectivity index (χ1v) is 11.0. The first kappa shape index (κ1) is 21.3. The Morgan fingerprint density at radius 1 is 1.33 bits per heavy atom. The smallest absolute Gasteiger partial charge is 0.202 e. The molecule has 2 fully saturated rings. The fraction of sp³-hybridized carbons (Fsp3) is 0.476. The fourth-order valence-corrected chi connectivity index (χ4v) is 5.44. The number of thioether (sulfide) groups is 1. The van der Waals surface area contributed by atoms with E-state index in [0.29, 0.717) is 17.5 Å². The summed E-state index contributed by atoms with van der Waals surface area (Å²) >= 11 is 1.71.